The Bertz CT molecular complexity index is 483. The van der Waals surface area contributed by atoms with Crippen LogP contribution in [-0.4, -0.2) is 51.3 Å². The molecule has 0 radical (unpaired) electrons. The van der Waals surface area contributed by atoms with Crippen LogP contribution in [0.4, 0.5) is 0 Å². The summed E-state index contributed by atoms with van der Waals surface area (Å²) < 4.78 is 15.9. The Kier molecular flexibility index (Phi) is 5.44. The summed E-state index contributed by atoms with van der Waals surface area (Å²) >= 11 is 0. The number of benzene rings is 1. The molecule has 5 nitrogen and oxygen atoms in total. The van der Waals surface area contributed by atoms with Gasteiger partial charge in [0.2, 0.25) is 5.91 Å². The molecule has 1 fully saturated rings. The highest BCUT2D eigenvalue weighted by atomic mass is 16.5. The highest BCUT2D eigenvalue weighted by molar-refractivity contribution is 5.77. The molecule has 0 aromatic heterocycles. The molecule has 21 heavy (non-hydrogen) atoms. The lowest BCUT2D eigenvalue weighted by molar-refractivity contribution is -0.135. The second-order valence-electron chi connectivity index (χ2n) is 5.21. The summed E-state index contributed by atoms with van der Waals surface area (Å²) in [6.45, 7) is 4.68. The van der Waals surface area contributed by atoms with Gasteiger partial charge in [-0.2, -0.15) is 0 Å². The fraction of sp³-hybridized carbons (Fsp3) is 0.562. The van der Waals surface area contributed by atoms with Crippen LogP contribution in [0.25, 0.3) is 0 Å². The average molecular weight is 293 g/mol. The van der Waals surface area contributed by atoms with Crippen LogP contribution in [0.15, 0.2) is 18.2 Å². The summed E-state index contributed by atoms with van der Waals surface area (Å²) in [6.07, 6.45) is 0.475. The van der Waals surface area contributed by atoms with E-state index in [0.29, 0.717) is 32.7 Å². The van der Waals surface area contributed by atoms with E-state index in [1.807, 2.05) is 30.0 Å². The lowest BCUT2D eigenvalue weighted by Gasteiger charge is -2.28. The molecule has 1 aliphatic rings. The molecule has 0 bridgehead atoms. The van der Waals surface area contributed by atoms with Crippen LogP contribution in [0, 0.1) is 0 Å². The lowest BCUT2D eigenvalue weighted by Crippen LogP contribution is -2.41. The summed E-state index contributed by atoms with van der Waals surface area (Å²) in [5.41, 5.74) is 1.03. The van der Waals surface area contributed by atoms with Gasteiger partial charge in [-0.1, -0.05) is 13.0 Å². The lowest BCUT2D eigenvalue weighted by atomic mass is 9.96. The van der Waals surface area contributed by atoms with Gasteiger partial charge in [0.25, 0.3) is 0 Å². The van der Waals surface area contributed by atoms with E-state index in [4.69, 9.17) is 14.2 Å². The molecule has 1 unspecified atom stereocenters. The van der Waals surface area contributed by atoms with Crippen LogP contribution in [0.2, 0.25) is 0 Å². The Balaban J connectivity index is 2.05. The van der Waals surface area contributed by atoms with Gasteiger partial charge < -0.3 is 19.1 Å². The van der Waals surface area contributed by atoms with Gasteiger partial charge in [0.1, 0.15) is 11.5 Å². The third-order valence-corrected chi connectivity index (χ3v) is 3.82. The number of amides is 1. The highest BCUT2D eigenvalue weighted by Crippen LogP contribution is 2.32. The van der Waals surface area contributed by atoms with Gasteiger partial charge >= 0.3 is 0 Å². The second-order valence-corrected chi connectivity index (χ2v) is 5.21. The topological polar surface area (TPSA) is 48.0 Å². The van der Waals surface area contributed by atoms with Gasteiger partial charge in [-0.05, 0) is 17.5 Å². The number of hydrogen-bond acceptors (Lipinski definition) is 4. The molecule has 1 heterocycles. The number of nitrogens with zero attached hydrogens (tertiary/aromatic N) is 1. The minimum Gasteiger partial charge on any atom is -0.497 e. The molecule has 5 heteroatoms. The Morgan fingerprint density at radius 2 is 2.00 bits per heavy atom. The smallest absolute Gasteiger partial charge is 0.223 e. The summed E-state index contributed by atoms with van der Waals surface area (Å²) in [5, 5.41) is 0. The van der Waals surface area contributed by atoms with E-state index in [1.165, 1.54) is 0 Å². The monoisotopic (exact) mass is 293 g/mol. The summed E-state index contributed by atoms with van der Waals surface area (Å²) in [5.74, 6) is 1.78. The van der Waals surface area contributed by atoms with Crippen molar-refractivity contribution >= 4 is 5.91 Å². The van der Waals surface area contributed by atoms with E-state index in [9.17, 15) is 4.79 Å². The molecule has 2 rings (SSSR count). The minimum atomic E-state index is 0.0983. The summed E-state index contributed by atoms with van der Waals surface area (Å²) in [7, 11) is 3.26. The highest BCUT2D eigenvalue weighted by Gasteiger charge is 2.21. The van der Waals surface area contributed by atoms with Crippen molar-refractivity contribution in [2.45, 2.75) is 19.3 Å². The number of carbonyl (C=O) groups is 1. The molecule has 0 N–H and O–H groups in total. The quantitative estimate of drug-likeness (QED) is 0.833. The first kappa shape index (κ1) is 15.6. The number of methoxy groups -OCH3 is 2. The Morgan fingerprint density at radius 1 is 1.29 bits per heavy atom. The van der Waals surface area contributed by atoms with Gasteiger partial charge in [-0.3, -0.25) is 4.79 Å². The van der Waals surface area contributed by atoms with Gasteiger partial charge in [0.15, 0.2) is 0 Å². The molecule has 0 aliphatic carbocycles. The standard InChI is InChI=1S/C16H23NO4/c1-12(10-16(18)17-6-8-21-9-7-17)14-5-4-13(19-2)11-15(14)20-3/h4-5,11-12H,6-10H2,1-3H3. The van der Waals surface area contributed by atoms with Crippen LogP contribution in [-0.2, 0) is 9.53 Å². The molecular weight excluding hydrogens is 270 g/mol. The zero-order valence-electron chi connectivity index (χ0n) is 12.9. The minimum absolute atomic E-state index is 0.0983. The number of carbonyl (C=O) groups excluding carboxylic acids is 1. The number of hydrogen-bond donors (Lipinski definition) is 0. The maximum absolute atomic E-state index is 12.3. The Labute approximate surface area is 125 Å². The maximum atomic E-state index is 12.3. The summed E-state index contributed by atoms with van der Waals surface area (Å²) in [4.78, 5) is 14.2. The first-order chi connectivity index (χ1) is 10.2. The van der Waals surface area contributed by atoms with Crippen molar-refractivity contribution in [1.82, 2.24) is 4.90 Å². The predicted molar refractivity (Wildman–Crippen MR) is 80.0 cm³/mol. The van der Waals surface area contributed by atoms with Gasteiger partial charge in [0.05, 0.1) is 27.4 Å². The van der Waals surface area contributed by atoms with E-state index in [0.717, 1.165) is 17.1 Å². The van der Waals surface area contributed by atoms with Crippen LogP contribution in [0.1, 0.15) is 24.8 Å². The SMILES string of the molecule is COc1ccc(C(C)CC(=O)N2CCOCC2)c(OC)c1. The molecule has 1 saturated heterocycles. The number of morpholine rings is 1. The molecule has 1 atom stereocenters. The van der Waals surface area contributed by atoms with Crippen LogP contribution in [0.3, 0.4) is 0 Å². The molecule has 1 aliphatic heterocycles. The fourth-order valence-corrected chi connectivity index (χ4v) is 2.54. The summed E-state index contributed by atoms with van der Waals surface area (Å²) in [6, 6.07) is 5.72. The normalized spacial score (nSPS) is 16.4. The Hall–Kier alpha value is -1.75. The van der Waals surface area contributed by atoms with Crippen molar-refractivity contribution in [3.63, 3.8) is 0 Å². The second kappa shape index (κ2) is 7.31. The molecule has 1 amide bonds. The van der Waals surface area contributed by atoms with Crippen LogP contribution >= 0.6 is 0 Å². The van der Waals surface area contributed by atoms with Gasteiger partial charge in [-0.15, -0.1) is 0 Å². The van der Waals surface area contributed by atoms with E-state index in [1.54, 1.807) is 14.2 Å². The van der Waals surface area contributed by atoms with Crippen molar-refractivity contribution in [2.24, 2.45) is 0 Å². The molecule has 1 aromatic rings. The molecule has 0 spiro atoms. The third kappa shape index (κ3) is 3.88. The van der Waals surface area contributed by atoms with Crippen molar-refractivity contribution in [1.29, 1.82) is 0 Å². The first-order valence-corrected chi connectivity index (χ1v) is 7.23. The average Bonchev–Trinajstić information content (AvgIpc) is 2.54. The fourth-order valence-electron chi connectivity index (χ4n) is 2.54. The van der Waals surface area contributed by atoms with Crippen molar-refractivity contribution in [2.75, 3.05) is 40.5 Å². The van der Waals surface area contributed by atoms with Crippen molar-refractivity contribution in [3.05, 3.63) is 23.8 Å². The Morgan fingerprint density at radius 3 is 2.62 bits per heavy atom. The van der Waals surface area contributed by atoms with Gasteiger partial charge in [-0.25, -0.2) is 0 Å². The van der Waals surface area contributed by atoms with E-state index in [2.05, 4.69) is 0 Å². The van der Waals surface area contributed by atoms with Crippen molar-refractivity contribution < 1.29 is 19.0 Å². The predicted octanol–water partition coefficient (Wildman–Crippen LogP) is 2.06. The number of rotatable bonds is 5. The largest absolute Gasteiger partial charge is 0.497 e. The van der Waals surface area contributed by atoms with Crippen LogP contribution < -0.4 is 9.47 Å². The molecule has 116 valence electrons. The van der Waals surface area contributed by atoms with Crippen molar-refractivity contribution in [3.8, 4) is 11.5 Å². The zero-order chi connectivity index (χ0) is 15.2. The van der Waals surface area contributed by atoms with Crippen LogP contribution in [0.5, 0.6) is 11.5 Å². The molecule has 1 aromatic carbocycles. The van der Waals surface area contributed by atoms with E-state index >= 15 is 0 Å². The third-order valence-electron chi connectivity index (χ3n) is 3.82. The first-order valence-electron chi connectivity index (χ1n) is 7.23. The number of ether oxygens (including phenoxy) is 3. The van der Waals surface area contributed by atoms with E-state index in [-0.39, 0.29) is 11.8 Å². The van der Waals surface area contributed by atoms with E-state index < -0.39 is 0 Å². The zero-order valence-corrected chi connectivity index (χ0v) is 12.9. The van der Waals surface area contributed by atoms with Gasteiger partial charge in [0, 0.05) is 25.6 Å². The molecule has 0 saturated carbocycles. The maximum Gasteiger partial charge on any atom is 0.223 e. The molecular formula is C16H23NO4.